The number of carbonyl (C=O) groups is 2. The fourth-order valence-corrected chi connectivity index (χ4v) is 4.96. The van der Waals surface area contributed by atoms with Crippen LogP contribution in [-0.2, 0) is 15.8 Å². The van der Waals surface area contributed by atoms with Crippen molar-refractivity contribution in [2.45, 2.75) is 38.8 Å². The maximum Gasteiger partial charge on any atom is 0.417 e. The van der Waals surface area contributed by atoms with Gasteiger partial charge in [0.25, 0.3) is 0 Å². The number of benzene rings is 1. The van der Waals surface area contributed by atoms with Gasteiger partial charge in [0.1, 0.15) is 0 Å². The third kappa shape index (κ3) is 4.54. The van der Waals surface area contributed by atoms with Crippen molar-refractivity contribution in [3.8, 4) is 6.07 Å². The van der Waals surface area contributed by atoms with Gasteiger partial charge >= 0.3 is 6.18 Å². The SMILES string of the molecule is CCCC(=O)N1CCC2(CC1)CN(c1ccc(C#N)c(C(F)(F)F)c1)CC2C(=O)N(C)C. The predicted molar refractivity (Wildman–Crippen MR) is 114 cm³/mol. The number of nitrogens with zero attached hydrogens (tertiary/aromatic N) is 4. The first-order valence-electron chi connectivity index (χ1n) is 10.9. The van der Waals surface area contributed by atoms with Crippen LogP contribution in [0.4, 0.5) is 18.9 Å². The lowest BCUT2D eigenvalue weighted by atomic mass is 9.70. The maximum atomic E-state index is 13.5. The molecule has 0 saturated carbocycles. The highest BCUT2D eigenvalue weighted by molar-refractivity contribution is 5.81. The highest BCUT2D eigenvalue weighted by Gasteiger charge is 2.52. The monoisotopic (exact) mass is 450 g/mol. The van der Waals surface area contributed by atoms with E-state index in [0.29, 0.717) is 51.1 Å². The van der Waals surface area contributed by atoms with Gasteiger partial charge in [-0.25, -0.2) is 0 Å². The smallest absolute Gasteiger partial charge is 0.370 e. The quantitative estimate of drug-likeness (QED) is 0.704. The molecule has 3 rings (SSSR count). The number of hydrogen-bond acceptors (Lipinski definition) is 4. The first-order chi connectivity index (χ1) is 15.0. The molecule has 2 amide bonds. The Morgan fingerprint density at radius 2 is 1.91 bits per heavy atom. The van der Waals surface area contributed by atoms with Crippen LogP contribution in [0.15, 0.2) is 18.2 Å². The van der Waals surface area contributed by atoms with Crippen LogP contribution in [0.2, 0.25) is 0 Å². The van der Waals surface area contributed by atoms with E-state index in [1.54, 1.807) is 20.2 Å². The van der Waals surface area contributed by atoms with Crippen molar-refractivity contribution >= 4 is 17.5 Å². The Labute approximate surface area is 186 Å². The summed E-state index contributed by atoms with van der Waals surface area (Å²) in [5.74, 6) is -0.314. The van der Waals surface area contributed by atoms with Crippen LogP contribution >= 0.6 is 0 Å². The van der Waals surface area contributed by atoms with E-state index in [1.165, 1.54) is 17.0 Å². The maximum absolute atomic E-state index is 13.5. The minimum Gasteiger partial charge on any atom is -0.370 e. The minimum absolute atomic E-state index is 0.0504. The van der Waals surface area contributed by atoms with E-state index in [4.69, 9.17) is 5.26 Å². The second-order valence-corrected chi connectivity index (χ2v) is 9.00. The summed E-state index contributed by atoms with van der Waals surface area (Å²) in [6.45, 7) is 3.80. The van der Waals surface area contributed by atoms with Gasteiger partial charge in [0.2, 0.25) is 11.8 Å². The molecular weight excluding hydrogens is 421 g/mol. The van der Waals surface area contributed by atoms with Gasteiger partial charge in [-0.2, -0.15) is 18.4 Å². The summed E-state index contributed by atoms with van der Waals surface area (Å²) in [4.78, 5) is 30.5. The number of alkyl halides is 3. The molecule has 2 heterocycles. The molecule has 0 aliphatic carbocycles. The molecule has 2 saturated heterocycles. The zero-order valence-corrected chi connectivity index (χ0v) is 18.7. The van der Waals surface area contributed by atoms with E-state index in [9.17, 15) is 22.8 Å². The molecule has 0 radical (unpaired) electrons. The fourth-order valence-electron chi connectivity index (χ4n) is 4.96. The summed E-state index contributed by atoms with van der Waals surface area (Å²) >= 11 is 0. The zero-order valence-electron chi connectivity index (χ0n) is 18.7. The number of halogens is 3. The molecule has 1 aromatic carbocycles. The molecule has 6 nitrogen and oxygen atoms in total. The van der Waals surface area contributed by atoms with E-state index >= 15 is 0 Å². The number of rotatable bonds is 4. The van der Waals surface area contributed by atoms with Crippen molar-refractivity contribution in [2.75, 3.05) is 45.2 Å². The Balaban J connectivity index is 1.90. The molecular formula is C23H29F3N4O2. The molecule has 0 N–H and O–H groups in total. The number of likely N-dealkylation sites (tertiary alicyclic amines) is 1. The first kappa shape index (κ1) is 23.9. The molecule has 1 spiro atoms. The second kappa shape index (κ2) is 9.00. The largest absolute Gasteiger partial charge is 0.417 e. The molecule has 0 aromatic heterocycles. The van der Waals surface area contributed by atoms with Crippen molar-refractivity contribution < 1.29 is 22.8 Å². The molecule has 1 atom stereocenters. The minimum atomic E-state index is -4.64. The second-order valence-electron chi connectivity index (χ2n) is 9.00. The summed E-state index contributed by atoms with van der Waals surface area (Å²) in [5.41, 5.74) is -1.43. The Hall–Kier alpha value is -2.76. The van der Waals surface area contributed by atoms with Gasteiger partial charge in [-0.05, 0) is 37.5 Å². The highest BCUT2D eigenvalue weighted by Crippen LogP contribution is 2.47. The van der Waals surface area contributed by atoms with Crippen molar-refractivity contribution in [3.63, 3.8) is 0 Å². The molecule has 2 aliphatic heterocycles. The average Bonchev–Trinajstić information content (AvgIpc) is 3.11. The van der Waals surface area contributed by atoms with E-state index in [-0.39, 0.29) is 17.7 Å². The Bertz CT molecular complexity index is 915. The molecule has 1 unspecified atom stereocenters. The van der Waals surface area contributed by atoms with Crippen LogP contribution in [0.25, 0.3) is 0 Å². The number of carbonyl (C=O) groups excluding carboxylic acids is 2. The Morgan fingerprint density at radius 1 is 1.25 bits per heavy atom. The average molecular weight is 451 g/mol. The summed E-state index contributed by atoms with van der Waals surface area (Å²) < 4.78 is 40.4. The van der Waals surface area contributed by atoms with Crippen molar-refractivity contribution in [1.29, 1.82) is 5.26 Å². The van der Waals surface area contributed by atoms with E-state index in [0.717, 1.165) is 12.5 Å². The third-order valence-electron chi connectivity index (χ3n) is 6.76. The van der Waals surface area contributed by atoms with Gasteiger partial charge in [-0.15, -0.1) is 0 Å². The van der Waals surface area contributed by atoms with Crippen molar-refractivity contribution in [3.05, 3.63) is 29.3 Å². The third-order valence-corrected chi connectivity index (χ3v) is 6.76. The Kier molecular flexibility index (Phi) is 6.72. The van der Waals surface area contributed by atoms with E-state index in [1.807, 2.05) is 16.7 Å². The summed E-state index contributed by atoms with van der Waals surface area (Å²) in [6, 6.07) is 5.33. The molecule has 174 valence electrons. The lowest BCUT2D eigenvalue weighted by Crippen LogP contribution is -2.49. The topological polar surface area (TPSA) is 67.6 Å². The standard InChI is InChI=1S/C23H29F3N4O2/c1-4-5-20(31)29-10-8-22(9-11-29)15-30(14-19(22)21(32)28(2)3)17-7-6-16(13-27)18(12-17)23(24,25)26/h6-7,12,19H,4-5,8-11,14-15H2,1-3H3. The molecule has 1 aromatic rings. The molecule has 2 fully saturated rings. The number of nitriles is 1. The lowest BCUT2D eigenvalue weighted by molar-refractivity contribution is -0.139. The number of piperidine rings is 1. The molecule has 0 bridgehead atoms. The van der Waals surface area contributed by atoms with Gasteiger partial charge < -0.3 is 14.7 Å². The number of anilines is 1. The van der Waals surface area contributed by atoms with Gasteiger partial charge in [0, 0.05) is 57.8 Å². The van der Waals surface area contributed by atoms with Crippen LogP contribution in [0.3, 0.4) is 0 Å². The molecule has 9 heteroatoms. The predicted octanol–water partition coefficient (Wildman–Crippen LogP) is 3.51. The van der Waals surface area contributed by atoms with Crippen molar-refractivity contribution in [2.24, 2.45) is 11.3 Å². The summed E-state index contributed by atoms with van der Waals surface area (Å²) in [7, 11) is 3.37. The lowest BCUT2D eigenvalue weighted by Gasteiger charge is -2.42. The van der Waals surface area contributed by atoms with Crippen LogP contribution < -0.4 is 4.90 Å². The van der Waals surface area contributed by atoms with Crippen LogP contribution in [-0.4, -0.2) is 61.9 Å². The number of amides is 2. The van der Waals surface area contributed by atoms with E-state index < -0.39 is 22.7 Å². The molecule has 2 aliphatic rings. The molecule has 32 heavy (non-hydrogen) atoms. The Morgan fingerprint density at radius 3 is 2.44 bits per heavy atom. The van der Waals surface area contributed by atoms with Crippen LogP contribution in [0.1, 0.15) is 43.7 Å². The zero-order chi connectivity index (χ0) is 23.7. The highest BCUT2D eigenvalue weighted by atomic mass is 19.4. The van der Waals surface area contributed by atoms with Gasteiger partial charge in [0.15, 0.2) is 0 Å². The van der Waals surface area contributed by atoms with Gasteiger partial charge in [-0.1, -0.05) is 6.92 Å². The van der Waals surface area contributed by atoms with Crippen LogP contribution in [0, 0.1) is 22.7 Å². The first-order valence-corrected chi connectivity index (χ1v) is 10.9. The summed E-state index contributed by atoms with van der Waals surface area (Å²) in [5, 5.41) is 9.07. The van der Waals surface area contributed by atoms with Crippen LogP contribution in [0.5, 0.6) is 0 Å². The van der Waals surface area contributed by atoms with Crippen molar-refractivity contribution in [1.82, 2.24) is 9.80 Å². The van der Waals surface area contributed by atoms with E-state index in [2.05, 4.69) is 0 Å². The van der Waals surface area contributed by atoms with Gasteiger partial charge in [0.05, 0.1) is 23.1 Å². The summed E-state index contributed by atoms with van der Waals surface area (Å²) in [6.07, 6.45) is -2.11. The van der Waals surface area contributed by atoms with Gasteiger partial charge in [-0.3, -0.25) is 9.59 Å². The fraction of sp³-hybridized carbons (Fsp3) is 0.609. The number of hydrogen-bond donors (Lipinski definition) is 0. The normalized spacial score (nSPS) is 20.3.